The summed E-state index contributed by atoms with van der Waals surface area (Å²) < 4.78 is 0. The van der Waals surface area contributed by atoms with Crippen LogP contribution in [0.25, 0.3) is 12.2 Å². The van der Waals surface area contributed by atoms with Crippen molar-refractivity contribution in [3.63, 3.8) is 0 Å². The lowest BCUT2D eigenvalue weighted by Gasteiger charge is -2.23. The van der Waals surface area contributed by atoms with E-state index in [0.717, 1.165) is 35.1 Å². The second-order valence-electron chi connectivity index (χ2n) is 5.86. The number of rotatable bonds is 2. The number of hydrogen-bond acceptors (Lipinski definition) is 1. The predicted octanol–water partition coefficient (Wildman–Crippen LogP) is 5.15. The van der Waals surface area contributed by atoms with Crippen LogP contribution in [0.3, 0.4) is 0 Å². The van der Waals surface area contributed by atoms with Gasteiger partial charge in [-0.25, -0.2) is 0 Å². The first-order valence-corrected chi connectivity index (χ1v) is 7.81. The molecule has 1 nitrogen and oxygen atoms in total. The van der Waals surface area contributed by atoms with Gasteiger partial charge < -0.3 is 0 Å². The lowest BCUT2D eigenvalue weighted by molar-refractivity contribution is -0.113. The van der Waals surface area contributed by atoms with Crippen LogP contribution in [0.5, 0.6) is 0 Å². The quantitative estimate of drug-likeness (QED) is 0.698. The molecule has 1 aliphatic rings. The summed E-state index contributed by atoms with van der Waals surface area (Å²) in [5.41, 5.74) is 4.05. The number of carbonyl (C=O) groups excluding carboxylic acids is 1. The molecule has 0 radical (unpaired) electrons. The Morgan fingerprint density at radius 2 is 1.41 bits per heavy atom. The number of benzene rings is 2. The van der Waals surface area contributed by atoms with Crippen molar-refractivity contribution >= 4 is 17.9 Å². The van der Waals surface area contributed by atoms with Crippen molar-refractivity contribution in [1.29, 1.82) is 0 Å². The first kappa shape index (κ1) is 14.5. The summed E-state index contributed by atoms with van der Waals surface area (Å²) in [5.74, 6) is 0.520. The molecule has 0 N–H and O–H groups in total. The lowest BCUT2D eigenvalue weighted by atomic mass is 9.80. The highest BCUT2D eigenvalue weighted by atomic mass is 16.1. The van der Waals surface area contributed by atoms with E-state index >= 15 is 0 Å². The van der Waals surface area contributed by atoms with E-state index in [9.17, 15) is 4.79 Å². The van der Waals surface area contributed by atoms with Gasteiger partial charge in [-0.3, -0.25) is 4.79 Å². The first-order chi connectivity index (χ1) is 10.7. The summed E-state index contributed by atoms with van der Waals surface area (Å²) in [6.45, 7) is 2.14. The van der Waals surface area contributed by atoms with Crippen molar-refractivity contribution in [3.05, 3.63) is 82.9 Å². The van der Waals surface area contributed by atoms with E-state index < -0.39 is 0 Å². The molecule has 2 aromatic rings. The third-order valence-electron chi connectivity index (χ3n) is 4.19. The molecule has 3 rings (SSSR count). The zero-order chi connectivity index (χ0) is 15.4. The third kappa shape index (κ3) is 3.25. The molecule has 1 aliphatic carbocycles. The summed E-state index contributed by atoms with van der Waals surface area (Å²) in [6.07, 6.45) is 5.97. The van der Waals surface area contributed by atoms with Gasteiger partial charge in [0.05, 0.1) is 0 Å². The van der Waals surface area contributed by atoms with Crippen molar-refractivity contribution in [2.75, 3.05) is 0 Å². The van der Waals surface area contributed by atoms with Crippen LogP contribution in [0.1, 0.15) is 30.9 Å². The highest BCUT2D eigenvalue weighted by Crippen LogP contribution is 2.32. The Hall–Kier alpha value is -2.41. The van der Waals surface area contributed by atoms with Gasteiger partial charge in [-0.2, -0.15) is 0 Å². The van der Waals surface area contributed by atoms with Gasteiger partial charge in [-0.15, -0.1) is 0 Å². The highest BCUT2D eigenvalue weighted by Gasteiger charge is 2.26. The topological polar surface area (TPSA) is 17.1 Å². The number of ketones is 1. The third-order valence-corrected chi connectivity index (χ3v) is 4.19. The summed E-state index contributed by atoms with van der Waals surface area (Å²) in [7, 11) is 0. The molecule has 0 amide bonds. The Labute approximate surface area is 132 Å². The van der Waals surface area contributed by atoms with E-state index in [2.05, 4.69) is 6.92 Å². The number of Topliss-reactive ketones (excluding diaryl/α,β-unsaturated/α-hetero) is 1. The second-order valence-corrected chi connectivity index (χ2v) is 5.86. The molecule has 0 aliphatic heterocycles. The predicted molar refractivity (Wildman–Crippen MR) is 92.2 cm³/mol. The van der Waals surface area contributed by atoms with Crippen LogP contribution < -0.4 is 0 Å². The summed E-state index contributed by atoms with van der Waals surface area (Å²) >= 11 is 0. The minimum Gasteiger partial charge on any atom is -0.289 e. The molecule has 1 atom stereocenters. The van der Waals surface area contributed by atoms with E-state index in [1.165, 1.54) is 0 Å². The fourth-order valence-corrected chi connectivity index (χ4v) is 2.88. The molecule has 0 spiro atoms. The van der Waals surface area contributed by atoms with Crippen molar-refractivity contribution in [3.8, 4) is 0 Å². The fourth-order valence-electron chi connectivity index (χ4n) is 2.88. The van der Waals surface area contributed by atoms with Gasteiger partial charge in [0.2, 0.25) is 0 Å². The highest BCUT2D eigenvalue weighted by molar-refractivity contribution is 6.14. The molecule has 110 valence electrons. The fraction of sp³-hybridized carbons (Fsp3) is 0.190. The molecule has 1 saturated carbocycles. The molecule has 1 heteroatoms. The second kappa shape index (κ2) is 6.57. The average molecular weight is 288 g/mol. The van der Waals surface area contributed by atoms with Crippen molar-refractivity contribution in [2.45, 2.75) is 19.8 Å². The van der Waals surface area contributed by atoms with E-state index in [0.29, 0.717) is 5.92 Å². The number of hydrogen-bond donors (Lipinski definition) is 0. The molecule has 0 bridgehead atoms. The molecule has 1 unspecified atom stereocenters. The van der Waals surface area contributed by atoms with E-state index in [4.69, 9.17) is 0 Å². The molecule has 0 aromatic heterocycles. The average Bonchev–Trinajstić information content (AvgIpc) is 2.56. The SMILES string of the molecule is CC1CC/C(=C\c2ccccc2)C(=O)/C1=C/c1ccccc1. The molecule has 1 fully saturated rings. The van der Waals surface area contributed by atoms with Gasteiger partial charge in [-0.1, -0.05) is 67.6 Å². The van der Waals surface area contributed by atoms with Crippen LogP contribution in [0, 0.1) is 5.92 Å². The summed E-state index contributed by atoms with van der Waals surface area (Å²) in [5, 5.41) is 0. The Balaban J connectivity index is 1.93. The molecule has 22 heavy (non-hydrogen) atoms. The zero-order valence-electron chi connectivity index (χ0n) is 12.8. The van der Waals surface area contributed by atoms with Crippen molar-refractivity contribution in [2.24, 2.45) is 5.92 Å². The van der Waals surface area contributed by atoms with E-state index in [1.807, 2.05) is 72.8 Å². The van der Waals surface area contributed by atoms with Crippen LogP contribution in [-0.4, -0.2) is 5.78 Å². The first-order valence-electron chi connectivity index (χ1n) is 7.81. The van der Waals surface area contributed by atoms with Crippen LogP contribution in [0.2, 0.25) is 0 Å². The molecular weight excluding hydrogens is 268 g/mol. The monoisotopic (exact) mass is 288 g/mol. The van der Waals surface area contributed by atoms with Crippen molar-refractivity contribution in [1.82, 2.24) is 0 Å². The van der Waals surface area contributed by atoms with Gasteiger partial charge in [0.1, 0.15) is 0 Å². The zero-order valence-corrected chi connectivity index (χ0v) is 12.8. The van der Waals surface area contributed by atoms with Gasteiger partial charge in [0.25, 0.3) is 0 Å². The van der Waals surface area contributed by atoms with Crippen LogP contribution in [0.4, 0.5) is 0 Å². The molecule has 0 saturated heterocycles. The maximum atomic E-state index is 12.8. The summed E-state index contributed by atoms with van der Waals surface area (Å²) in [4.78, 5) is 12.8. The smallest absolute Gasteiger partial charge is 0.185 e. The number of allylic oxidation sites excluding steroid dienone is 2. The Kier molecular flexibility index (Phi) is 4.34. The molecule has 2 aromatic carbocycles. The number of carbonyl (C=O) groups is 1. The Bertz CT molecular complexity index is 708. The summed E-state index contributed by atoms with van der Waals surface area (Å²) in [6, 6.07) is 20.2. The maximum Gasteiger partial charge on any atom is 0.185 e. The van der Waals surface area contributed by atoms with Gasteiger partial charge >= 0.3 is 0 Å². The van der Waals surface area contributed by atoms with Gasteiger partial charge in [0.15, 0.2) is 5.78 Å². The minimum absolute atomic E-state index is 0.200. The van der Waals surface area contributed by atoms with E-state index in [-0.39, 0.29) is 5.78 Å². The molecule has 0 heterocycles. The van der Waals surface area contributed by atoms with Crippen molar-refractivity contribution < 1.29 is 4.79 Å². The lowest BCUT2D eigenvalue weighted by Crippen LogP contribution is -2.19. The normalized spacial score (nSPS) is 22.2. The Morgan fingerprint density at radius 3 is 2.00 bits per heavy atom. The minimum atomic E-state index is 0.200. The van der Waals surface area contributed by atoms with Gasteiger partial charge in [0, 0.05) is 11.1 Å². The standard InChI is InChI=1S/C21H20O/c1-16-12-13-19(14-17-8-4-2-5-9-17)21(22)20(16)15-18-10-6-3-7-11-18/h2-11,14-16H,12-13H2,1H3/b19-14+,20-15+. The van der Waals surface area contributed by atoms with Gasteiger partial charge in [-0.05, 0) is 42.0 Å². The van der Waals surface area contributed by atoms with Crippen LogP contribution >= 0.6 is 0 Å². The largest absolute Gasteiger partial charge is 0.289 e. The molecular formula is C21H20O. The van der Waals surface area contributed by atoms with Crippen LogP contribution in [-0.2, 0) is 4.79 Å². The Morgan fingerprint density at radius 1 is 0.864 bits per heavy atom. The van der Waals surface area contributed by atoms with E-state index in [1.54, 1.807) is 0 Å². The van der Waals surface area contributed by atoms with Crippen LogP contribution in [0.15, 0.2) is 71.8 Å². The maximum absolute atomic E-state index is 12.8.